The monoisotopic (exact) mass is 644 g/mol. The van der Waals surface area contributed by atoms with Gasteiger partial charge in [-0.05, 0) is 233 Å². The Morgan fingerprint density at radius 2 is 0.608 bits per heavy atom. The van der Waals surface area contributed by atoms with E-state index in [0.717, 1.165) is 10.4 Å². The summed E-state index contributed by atoms with van der Waals surface area (Å²) in [6.45, 7) is 0. The van der Waals surface area contributed by atoms with Crippen LogP contribution < -0.4 is 10.4 Å². The lowest BCUT2D eigenvalue weighted by molar-refractivity contribution is -0.112. The molecule has 0 aromatic heterocycles. The van der Waals surface area contributed by atoms with Crippen LogP contribution in [0.3, 0.4) is 0 Å². The van der Waals surface area contributed by atoms with Crippen molar-refractivity contribution in [1.82, 2.24) is 0 Å². The molecule has 1 aliphatic carbocycles. The molecule has 1 aliphatic rings. The minimum absolute atomic E-state index is 0.172. The van der Waals surface area contributed by atoms with E-state index >= 15 is 0 Å². The fourth-order valence-corrected chi connectivity index (χ4v) is 8.84. The zero-order valence-corrected chi connectivity index (χ0v) is 27.6. The van der Waals surface area contributed by atoms with E-state index < -0.39 is 0 Å². The molecule has 0 spiro atoms. The highest BCUT2D eigenvalue weighted by molar-refractivity contribution is 6.19. The molecular formula is C50H28O. The van der Waals surface area contributed by atoms with Gasteiger partial charge < -0.3 is 0 Å². The summed E-state index contributed by atoms with van der Waals surface area (Å²) >= 11 is 0. The van der Waals surface area contributed by atoms with Crippen LogP contribution >= 0.6 is 0 Å². The lowest BCUT2D eigenvalue weighted by Gasteiger charge is -2.11. The third kappa shape index (κ3) is 4.13. The van der Waals surface area contributed by atoms with Crippen molar-refractivity contribution >= 4 is 126 Å². The minimum atomic E-state index is 0.172. The fourth-order valence-electron chi connectivity index (χ4n) is 8.84. The molecule has 0 fully saturated rings. The first-order valence-corrected chi connectivity index (χ1v) is 17.7. The molecule has 0 atom stereocenters. The Labute approximate surface area is 291 Å². The van der Waals surface area contributed by atoms with Crippen LogP contribution in [0.2, 0.25) is 0 Å². The number of hydrogen-bond donors (Lipinski definition) is 0. The van der Waals surface area contributed by atoms with Crippen molar-refractivity contribution in [2.24, 2.45) is 0 Å². The molecule has 11 aromatic rings. The van der Waals surface area contributed by atoms with Crippen LogP contribution in [0.15, 0.2) is 146 Å². The summed E-state index contributed by atoms with van der Waals surface area (Å²) in [4.78, 5) is 12.0. The molecule has 0 amide bonds. The van der Waals surface area contributed by atoms with Gasteiger partial charge in [-0.25, -0.2) is 0 Å². The Morgan fingerprint density at radius 1 is 0.294 bits per heavy atom. The molecule has 0 N–H and O–H groups in total. The molecule has 0 unspecified atom stereocenters. The van der Waals surface area contributed by atoms with Crippen LogP contribution in [-0.4, -0.2) is 5.78 Å². The molecule has 0 radical (unpaired) electrons. The van der Waals surface area contributed by atoms with Gasteiger partial charge in [-0.1, -0.05) is 42.5 Å². The van der Waals surface area contributed by atoms with E-state index in [4.69, 9.17) is 0 Å². The van der Waals surface area contributed by atoms with Crippen molar-refractivity contribution in [2.45, 2.75) is 6.42 Å². The second-order valence-corrected chi connectivity index (χ2v) is 14.6. The predicted octanol–water partition coefficient (Wildman–Crippen LogP) is 11.8. The van der Waals surface area contributed by atoms with Crippen LogP contribution in [-0.2, 0) is 4.79 Å². The molecule has 51 heavy (non-hydrogen) atoms. The second kappa shape index (κ2) is 9.78. The molecule has 1 heteroatoms. The maximum atomic E-state index is 12.0. The number of carbonyl (C=O) groups excluding carboxylic acids is 1. The van der Waals surface area contributed by atoms with Crippen molar-refractivity contribution in [3.05, 3.63) is 156 Å². The first-order valence-electron chi connectivity index (χ1n) is 17.7. The van der Waals surface area contributed by atoms with Gasteiger partial charge in [-0.3, -0.25) is 4.79 Å². The van der Waals surface area contributed by atoms with Gasteiger partial charge in [0.2, 0.25) is 0 Å². The number of hydrogen-bond acceptors (Lipinski definition) is 1. The Kier molecular flexibility index (Phi) is 5.23. The lowest BCUT2D eigenvalue weighted by Crippen LogP contribution is -2.28. The molecule has 234 valence electrons. The first-order chi connectivity index (χ1) is 25.0. The first kappa shape index (κ1) is 27.3. The summed E-state index contributed by atoms with van der Waals surface area (Å²) in [7, 11) is 0. The number of fused-ring (bicyclic) bond motifs is 12. The largest absolute Gasteiger partial charge is 0.294 e. The summed E-state index contributed by atoms with van der Waals surface area (Å²) in [6.07, 6.45) is 4.32. The lowest BCUT2D eigenvalue weighted by atomic mass is 9.92. The van der Waals surface area contributed by atoms with Gasteiger partial charge in [-0.15, -0.1) is 0 Å². The van der Waals surface area contributed by atoms with E-state index in [1.807, 2.05) is 0 Å². The van der Waals surface area contributed by atoms with Crippen molar-refractivity contribution in [2.75, 3.05) is 0 Å². The van der Waals surface area contributed by atoms with Gasteiger partial charge in [0.15, 0.2) is 5.78 Å². The van der Waals surface area contributed by atoms with Gasteiger partial charge in [0, 0.05) is 6.42 Å². The SMILES string of the molecule is O=C1C=c2cc3cc4cc5cc6ccc7cc8cc9cc%10cc%11cc%12ccccc%12cc%11cc%10cc9cc8cc7c6cc5cc4cc3cc2=CC1. The van der Waals surface area contributed by atoms with Crippen molar-refractivity contribution in [3.63, 3.8) is 0 Å². The molecule has 11 aromatic carbocycles. The minimum Gasteiger partial charge on any atom is -0.294 e. The van der Waals surface area contributed by atoms with Gasteiger partial charge in [0.25, 0.3) is 0 Å². The van der Waals surface area contributed by atoms with Crippen LogP contribution in [0.5, 0.6) is 0 Å². The third-order valence-corrected chi connectivity index (χ3v) is 11.4. The predicted molar refractivity (Wildman–Crippen MR) is 219 cm³/mol. The number of rotatable bonds is 0. The molecular weight excluding hydrogens is 617 g/mol. The molecule has 12 rings (SSSR count). The zero-order chi connectivity index (χ0) is 33.4. The number of carbonyl (C=O) groups is 1. The fraction of sp³-hybridized carbons (Fsp3) is 0.0200. The van der Waals surface area contributed by atoms with Crippen LogP contribution in [0.1, 0.15) is 6.42 Å². The van der Waals surface area contributed by atoms with Crippen molar-refractivity contribution in [1.29, 1.82) is 0 Å². The van der Waals surface area contributed by atoms with Crippen LogP contribution in [0.25, 0.3) is 120 Å². The standard InChI is InChI=1S/C50H28O/c51-48-8-7-30-11-35-16-43-23-46-26-49-32(13-37(46)18-41(43)20-42(35)22-45(30)25-48)6-5-31-12-36-17-40-19-38-14-33-9-28-3-1-2-4-29(28)10-34(33)15-39(38)21-44(40)24-47(36)27-50(31)49/h1-7,9-27H,8H2. The average molecular weight is 645 g/mol. The van der Waals surface area contributed by atoms with Gasteiger partial charge >= 0.3 is 0 Å². The Morgan fingerprint density at radius 3 is 1.02 bits per heavy atom. The average Bonchev–Trinajstić information content (AvgIpc) is 3.13. The maximum Gasteiger partial charge on any atom is 0.160 e. The van der Waals surface area contributed by atoms with E-state index in [0.29, 0.717) is 6.42 Å². The van der Waals surface area contributed by atoms with E-state index in [2.05, 4.69) is 152 Å². The summed E-state index contributed by atoms with van der Waals surface area (Å²) in [5.74, 6) is 0.172. The highest BCUT2D eigenvalue weighted by Crippen LogP contribution is 2.37. The molecule has 0 saturated heterocycles. The van der Waals surface area contributed by atoms with Gasteiger partial charge in [0.05, 0.1) is 0 Å². The highest BCUT2D eigenvalue weighted by Gasteiger charge is 2.10. The normalized spacial score (nSPS) is 13.4. The highest BCUT2D eigenvalue weighted by atomic mass is 16.1. The van der Waals surface area contributed by atoms with E-state index in [-0.39, 0.29) is 5.78 Å². The third-order valence-electron chi connectivity index (χ3n) is 11.4. The summed E-state index contributed by atoms with van der Waals surface area (Å²) < 4.78 is 0. The Balaban J connectivity index is 1.04. The van der Waals surface area contributed by atoms with Gasteiger partial charge in [-0.2, -0.15) is 0 Å². The quantitative estimate of drug-likeness (QED) is 0.119. The summed E-state index contributed by atoms with van der Waals surface area (Å²) in [6, 6.07) is 55.0. The van der Waals surface area contributed by atoms with Crippen molar-refractivity contribution < 1.29 is 4.79 Å². The van der Waals surface area contributed by atoms with Crippen LogP contribution in [0, 0.1) is 0 Å². The molecule has 0 heterocycles. The van der Waals surface area contributed by atoms with E-state index in [1.165, 1.54) is 108 Å². The number of Topliss-reactive ketones (excluding diaryl/α,β-unsaturated/α-hetero) is 1. The van der Waals surface area contributed by atoms with E-state index in [1.54, 1.807) is 6.08 Å². The molecule has 0 saturated carbocycles. The maximum absolute atomic E-state index is 12.0. The Hall–Kier alpha value is -6.57. The summed E-state index contributed by atoms with van der Waals surface area (Å²) in [5, 5.41) is 27.3. The molecule has 0 aliphatic heterocycles. The van der Waals surface area contributed by atoms with Crippen LogP contribution in [0.4, 0.5) is 0 Å². The topological polar surface area (TPSA) is 17.1 Å². The number of ketones is 1. The van der Waals surface area contributed by atoms with E-state index in [9.17, 15) is 4.79 Å². The van der Waals surface area contributed by atoms with Gasteiger partial charge in [0.1, 0.15) is 0 Å². The number of benzene rings is 11. The smallest absolute Gasteiger partial charge is 0.160 e. The Bertz CT molecular complexity index is 3570. The molecule has 1 nitrogen and oxygen atoms in total. The zero-order valence-electron chi connectivity index (χ0n) is 27.6. The summed E-state index contributed by atoms with van der Waals surface area (Å²) in [5.41, 5.74) is 0. The molecule has 0 bridgehead atoms. The second-order valence-electron chi connectivity index (χ2n) is 14.6. The van der Waals surface area contributed by atoms with Crippen molar-refractivity contribution in [3.8, 4) is 0 Å².